The number of fused-ring (bicyclic) bond motifs is 3. The predicted octanol–water partition coefficient (Wildman–Crippen LogP) is 12.0. The largest absolute Gasteiger partial charge is 0.311 e. The summed E-state index contributed by atoms with van der Waals surface area (Å²) in [5, 5.41) is 2.32. The summed E-state index contributed by atoms with van der Waals surface area (Å²) in [5.74, 6) is 0.649. The summed E-state index contributed by atoms with van der Waals surface area (Å²) in [6.45, 7) is 0. The molecule has 0 fully saturated rings. The van der Waals surface area contributed by atoms with Crippen molar-refractivity contribution in [2.45, 2.75) is 0 Å². The van der Waals surface area contributed by atoms with Crippen molar-refractivity contribution in [3.63, 3.8) is 0 Å². The summed E-state index contributed by atoms with van der Waals surface area (Å²) in [7, 11) is 0. The van der Waals surface area contributed by atoms with Crippen LogP contribution >= 0.6 is 0 Å². The highest BCUT2D eigenvalue weighted by atomic mass is 15.2. The molecule has 0 saturated heterocycles. The normalized spacial score (nSPS) is 11.2. The van der Waals surface area contributed by atoms with Crippen molar-refractivity contribution in [1.29, 1.82) is 0 Å². The van der Waals surface area contributed by atoms with E-state index >= 15 is 0 Å². The summed E-state index contributed by atoms with van der Waals surface area (Å²) in [4.78, 5) is 12.6. The number of para-hydroxylation sites is 3. The van der Waals surface area contributed by atoms with Gasteiger partial charge in [-0.1, -0.05) is 133 Å². The molecule has 2 heterocycles. The molecular weight excluding hydrogens is 609 g/mol. The molecule has 4 nitrogen and oxygen atoms in total. The van der Waals surface area contributed by atoms with Gasteiger partial charge in [-0.3, -0.25) is 4.57 Å². The third-order valence-corrected chi connectivity index (χ3v) is 9.21. The lowest BCUT2D eigenvalue weighted by atomic mass is 10.0. The molecular formula is C46H32N4. The van der Waals surface area contributed by atoms with E-state index in [9.17, 15) is 0 Å². The van der Waals surface area contributed by atoms with Crippen LogP contribution < -0.4 is 4.90 Å². The molecule has 2 aromatic heterocycles. The minimum absolute atomic E-state index is 0.649. The van der Waals surface area contributed by atoms with E-state index in [1.807, 2.05) is 12.1 Å². The van der Waals surface area contributed by atoms with Crippen LogP contribution in [0.3, 0.4) is 0 Å². The number of anilines is 3. The molecule has 0 bridgehead atoms. The molecule has 0 atom stereocenters. The molecule has 0 aliphatic heterocycles. The van der Waals surface area contributed by atoms with E-state index in [0.717, 1.165) is 72.5 Å². The summed E-state index contributed by atoms with van der Waals surface area (Å²) in [6, 6.07) is 67.9. The molecule has 0 radical (unpaired) electrons. The fourth-order valence-corrected chi connectivity index (χ4v) is 6.82. The van der Waals surface area contributed by atoms with E-state index < -0.39 is 0 Å². The maximum Gasteiger partial charge on any atom is 0.235 e. The molecule has 0 spiro atoms. The molecule has 4 heteroatoms. The monoisotopic (exact) mass is 640 g/mol. The van der Waals surface area contributed by atoms with E-state index in [2.05, 4.69) is 191 Å². The lowest BCUT2D eigenvalue weighted by Gasteiger charge is -2.25. The molecule has 7 aromatic carbocycles. The van der Waals surface area contributed by atoms with Crippen molar-refractivity contribution < 1.29 is 0 Å². The van der Waals surface area contributed by atoms with Crippen LogP contribution in [-0.2, 0) is 0 Å². The molecule has 0 aliphatic carbocycles. The standard InChI is InChI=1S/C46H32N4/c1-5-15-34(16-6-1)42-32-43(35-17-7-2-8-18-35)48-46(47-42)50-44-24-14-13-23-40(44)41-31-36(27-30-45(41)50)33-25-28-39(29-26-33)49(37-19-9-3-10-20-37)38-21-11-4-12-22-38/h1-32H. The minimum Gasteiger partial charge on any atom is -0.311 e. The molecule has 0 amide bonds. The number of benzene rings is 7. The Balaban J connectivity index is 1.16. The van der Waals surface area contributed by atoms with Crippen LogP contribution in [0.5, 0.6) is 0 Å². The van der Waals surface area contributed by atoms with Crippen LogP contribution in [0.2, 0.25) is 0 Å². The number of hydrogen-bond donors (Lipinski definition) is 0. The average molecular weight is 641 g/mol. The first-order valence-corrected chi connectivity index (χ1v) is 16.8. The second-order valence-electron chi connectivity index (χ2n) is 12.3. The lowest BCUT2D eigenvalue weighted by Crippen LogP contribution is -2.09. The van der Waals surface area contributed by atoms with E-state index in [4.69, 9.17) is 9.97 Å². The summed E-state index contributed by atoms with van der Waals surface area (Å²) >= 11 is 0. The molecule has 9 aromatic rings. The van der Waals surface area contributed by atoms with Crippen molar-refractivity contribution >= 4 is 38.9 Å². The van der Waals surface area contributed by atoms with Gasteiger partial charge in [0.2, 0.25) is 5.95 Å². The third-order valence-electron chi connectivity index (χ3n) is 9.21. The molecule has 50 heavy (non-hydrogen) atoms. The summed E-state index contributed by atoms with van der Waals surface area (Å²) in [5.41, 5.74) is 11.7. The second kappa shape index (κ2) is 12.7. The first-order valence-electron chi connectivity index (χ1n) is 16.8. The Morgan fingerprint density at radius 3 is 1.38 bits per heavy atom. The number of hydrogen-bond acceptors (Lipinski definition) is 3. The van der Waals surface area contributed by atoms with Crippen LogP contribution in [0.1, 0.15) is 0 Å². The average Bonchev–Trinajstić information content (AvgIpc) is 3.53. The first-order chi connectivity index (χ1) is 24.8. The van der Waals surface area contributed by atoms with Crippen molar-refractivity contribution in [3.05, 3.63) is 194 Å². The van der Waals surface area contributed by atoms with Crippen molar-refractivity contribution in [3.8, 4) is 39.6 Å². The van der Waals surface area contributed by atoms with E-state index in [1.165, 1.54) is 0 Å². The Hall–Kier alpha value is -6.78. The van der Waals surface area contributed by atoms with Gasteiger partial charge in [-0.05, 0) is 71.8 Å². The topological polar surface area (TPSA) is 34.0 Å². The SMILES string of the molecule is c1ccc(-c2cc(-c3ccccc3)nc(-n3c4ccccc4c4cc(-c5ccc(N(c6ccccc6)c6ccccc6)cc5)ccc43)n2)cc1. The number of nitrogens with zero attached hydrogens (tertiary/aromatic N) is 4. The van der Waals surface area contributed by atoms with E-state index in [0.29, 0.717) is 5.95 Å². The number of rotatable bonds is 7. The van der Waals surface area contributed by atoms with Gasteiger partial charge in [0.15, 0.2) is 0 Å². The van der Waals surface area contributed by atoms with Crippen LogP contribution in [0, 0.1) is 0 Å². The quantitative estimate of drug-likeness (QED) is 0.174. The molecule has 0 aliphatic rings. The number of aromatic nitrogens is 3. The molecule has 0 unspecified atom stereocenters. The van der Waals surface area contributed by atoms with Crippen molar-refractivity contribution in [2.75, 3.05) is 4.90 Å². The molecule has 0 N–H and O–H groups in total. The minimum atomic E-state index is 0.649. The third kappa shape index (κ3) is 5.39. The van der Waals surface area contributed by atoms with Gasteiger partial charge in [-0.25, -0.2) is 9.97 Å². The van der Waals surface area contributed by atoms with E-state index in [1.54, 1.807) is 0 Å². The molecule has 0 saturated carbocycles. The fourth-order valence-electron chi connectivity index (χ4n) is 6.82. The van der Waals surface area contributed by atoms with Crippen LogP contribution in [0.4, 0.5) is 17.1 Å². The summed E-state index contributed by atoms with van der Waals surface area (Å²) < 4.78 is 2.20. The van der Waals surface area contributed by atoms with Gasteiger partial charge in [0.1, 0.15) is 0 Å². The van der Waals surface area contributed by atoms with Crippen molar-refractivity contribution in [2.24, 2.45) is 0 Å². The van der Waals surface area contributed by atoms with Crippen molar-refractivity contribution in [1.82, 2.24) is 14.5 Å². The van der Waals surface area contributed by atoms with E-state index in [-0.39, 0.29) is 0 Å². The Bertz CT molecular complexity index is 2460. The maximum atomic E-state index is 5.18. The van der Waals surface area contributed by atoms with Gasteiger partial charge in [-0.15, -0.1) is 0 Å². The van der Waals surface area contributed by atoms with Gasteiger partial charge in [-0.2, -0.15) is 0 Å². The van der Waals surface area contributed by atoms with Gasteiger partial charge < -0.3 is 4.90 Å². The highest BCUT2D eigenvalue weighted by Gasteiger charge is 2.18. The molecule has 236 valence electrons. The maximum absolute atomic E-state index is 5.18. The predicted molar refractivity (Wildman–Crippen MR) is 207 cm³/mol. The van der Waals surface area contributed by atoms with Crippen LogP contribution in [-0.4, -0.2) is 14.5 Å². The summed E-state index contributed by atoms with van der Waals surface area (Å²) in [6.07, 6.45) is 0. The first kappa shape index (κ1) is 29.4. The zero-order chi connectivity index (χ0) is 33.3. The molecule has 9 rings (SSSR count). The van der Waals surface area contributed by atoms with Crippen LogP contribution in [0.25, 0.3) is 61.4 Å². The Morgan fingerprint density at radius 1 is 0.340 bits per heavy atom. The van der Waals surface area contributed by atoms with Crippen LogP contribution in [0.15, 0.2) is 194 Å². The zero-order valence-electron chi connectivity index (χ0n) is 27.3. The van der Waals surface area contributed by atoms with Gasteiger partial charge >= 0.3 is 0 Å². The van der Waals surface area contributed by atoms with Gasteiger partial charge in [0.05, 0.1) is 22.4 Å². The highest BCUT2D eigenvalue weighted by molar-refractivity contribution is 6.10. The zero-order valence-corrected chi connectivity index (χ0v) is 27.3. The lowest BCUT2D eigenvalue weighted by molar-refractivity contribution is 0.995. The highest BCUT2D eigenvalue weighted by Crippen LogP contribution is 2.38. The Labute approximate surface area is 291 Å². The van der Waals surface area contributed by atoms with Gasteiger partial charge in [0, 0.05) is 39.0 Å². The van der Waals surface area contributed by atoms with Gasteiger partial charge in [0.25, 0.3) is 0 Å². The second-order valence-corrected chi connectivity index (χ2v) is 12.3. The Kier molecular flexibility index (Phi) is 7.45. The fraction of sp³-hybridized carbons (Fsp3) is 0. The smallest absolute Gasteiger partial charge is 0.235 e. The Morgan fingerprint density at radius 2 is 0.800 bits per heavy atom.